The first-order valence-electron chi connectivity index (χ1n) is 8.54. The Morgan fingerprint density at radius 3 is 2.68 bits per heavy atom. The van der Waals surface area contributed by atoms with Gasteiger partial charge in [-0.15, -0.1) is 0 Å². The van der Waals surface area contributed by atoms with Gasteiger partial charge >= 0.3 is 0 Å². The van der Waals surface area contributed by atoms with Crippen LogP contribution in [0.2, 0.25) is 0 Å². The molecule has 7 heteroatoms. The van der Waals surface area contributed by atoms with Crippen LogP contribution in [0.5, 0.6) is 0 Å². The fourth-order valence-electron chi connectivity index (χ4n) is 2.93. The second-order valence-corrected chi connectivity index (χ2v) is 7.13. The van der Waals surface area contributed by atoms with Crippen molar-refractivity contribution < 1.29 is 4.79 Å². The monoisotopic (exact) mass is 434 g/mol. The number of nitrogens with one attached hydrogen (secondary N) is 1. The van der Waals surface area contributed by atoms with Gasteiger partial charge in [0.2, 0.25) is 0 Å². The lowest BCUT2D eigenvalue weighted by molar-refractivity contribution is 0.101. The van der Waals surface area contributed by atoms with Crippen LogP contribution < -0.4 is 11.0 Å². The molecule has 1 N–H and O–H groups in total. The average molecular weight is 435 g/mol. The maximum atomic E-state index is 12.7. The van der Waals surface area contributed by atoms with Gasteiger partial charge in [-0.1, -0.05) is 40.2 Å². The van der Waals surface area contributed by atoms with Gasteiger partial charge in [0.15, 0.2) is 0 Å². The van der Waals surface area contributed by atoms with Crippen LogP contribution in [0.3, 0.4) is 0 Å². The van der Waals surface area contributed by atoms with E-state index in [0.717, 1.165) is 20.4 Å². The van der Waals surface area contributed by atoms with Gasteiger partial charge in [-0.2, -0.15) is 0 Å². The summed E-state index contributed by atoms with van der Waals surface area (Å²) in [5.41, 5.74) is 5.49. The molecule has 6 nitrogen and oxygen atoms in total. The fourth-order valence-corrected chi connectivity index (χ4v) is 3.33. The highest BCUT2D eigenvalue weighted by Crippen LogP contribution is 2.22. The maximum absolute atomic E-state index is 12.7. The van der Waals surface area contributed by atoms with Crippen LogP contribution in [-0.4, -0.2) is 20.6 Å². The molecule has 0 spiro atoms. The molecule has 138 valence electrons. The minimum absolute atomic E-state index is 0.338. The summed E-state index contributed by atoms with van der Waals surface area (Å²) in [5, 5.41) is 0.435. The Bertz CT molecular complexity index is 1270. The fraction of sp³-hybridized carbons (Fsp3) is 0.0476. The summed E-state index contributed by atoms with van der Waals surface area (Å²) in [4.78, 5) is 34.0. The van der Waals surface area contributed by atoms with Gasteiger partial charge in [0.05, 0.1) is 27.9 Å². The van der Waals surface area contributed by atoms with Crippen LogP contribution >= 0.6 is 15.9 Å². The standard InChI is InChI=1S/C21H15BrN4O2/c1-13-16(9-10-18(24-13)14-5-4-6-15(22)11-14)20(27)25-26-12-23-19-8-3-2-7-17(19)21(26)28/h2-12H,1H3,(H,25,27). The Morgan fingerprint density at radius 1 is 1.07 bits per heavy atom. The van der Waals surface area contributed by atoms with E-state index in [9.17, 15) is 9.59 Å². The lowest BCUT2D eigenvalue weighted by Gasteiger charge is -2.11. The number of halogens is 1. The summed E-state index contributed by atoms with van der Waals surface area (Å²) in [6, 6.07) is 18.2. The maximum Gasteiger partial charge on any atom is 0.280 e. The molecule has 0 aliphatic heterocycles. The molecule has 2 aromatic heterocycles. The quantitative estimate of drug-likeness (QED) is 0.530. The summed E-state index contributed by atoms with van der Waals surface area (Å²) < 4.78 is 2.04. The van der Waals surface area contributed by atoms with E-state index >= 15 is 0 Å². The molecule has 0 aliphatic carbocycles. The predicted octanol–water partition coefficient (Wildman–Crippen LogP) is 3.91. The van der Waals surface area contributed by atoms with E-state index < -0.39 is 5.91 Å². The van der Waals surface area contributed by atoms with Crippen molar-refractivity contribution in [3.8, 4) is 11.3 Å². The highest BCUT2D eigenvalue weighted by Gasteiger charge is 2.13. The zero-order valence-corrected chi connectivity index (χ0v) is 16.5. The van der Waals surface area contributed by atoms with Gasteiger partial charge in [-0.3, -0.25) is 20.0 Å². The summed E-state index contributed by atoms with van der Waals surface area (Å²) in [6.07, 6.45) is 1.31. The lowest BCUT2D eigenvalue weighted by Crippen LogP contribution is -2.33. The SMILES string of the molecule is Cc1nc(-c2cccc(Br)c2)ccc1C(=O)Nn1cnc2ccccc2c1=O. The molecule has 28 heavy (non-hydrogen) atoms. The molecule has 4 aromatic rings. The molecule has 0 radical (unpaired) electrons. The number of aromatic nitrogens is 3. The van der Waals surface area contributed by atoms with E-state index in [1.807, 2.05) is 24.3 Å². The molecule has 1 amide bonds. The Hall–Kier alpha value is -3.32. The third-order valence-corrected chi connectivity index (χ3v) is 4.83. The number of para-hydroxylation sites is 1. The number of hydrogen-bond donors (Lipinski definition) is 1. The molecule has 4 rings (SSSR count). The van der Waals surface area contributed by atoms with Crippen LogP contribution in [-0.2, 0) is 0 Å². The first-order chi connectivity index (χ1) is 13.5. The van der Waals surface area contributed by atoms with Crippen molar-refractivity contribution >= 4 is 32.7 Å². The zero-order valence-electron chi connectivity index (χ0n) is 14.9. The van der Waals surface area contributed by atoms with Crippen LogP contribution in [0.4, 0.5) is 0 Å². The third-order valence-electron chi connectivity index (χ3n) is 4.34. The number of aryl methyl sites for hydroxylation is 1. The second kappa shape index (κ2) is 7.36. The van der Waals surface area contributed by atoms with E-state index in [2.05, 4.69) is 31.3 Å². The topological polar surface area (TPSA) is 76.9 Å². The van der Waals surface area contributed by atoms with Gasteiger partial charge in [-0.25, -0.2) is 9.66 Å². The van der Waals surface area contributed by atoms with Gasteiger partial charge in [0, 0.05) is 10.0 Å². The number of carbonyl (C=O) groups excluding carboxylic acids is 1. The largest absolute Gasteiger partial charge is 0.280 e. The van der Waals surface area contributed by atoms with E-state index in [4.69, 9.17) is 0 Å². The van der Waals surface area contributed by atoms with Crippen molar-refractivity contribution in [3.05, 3.63) is 93.1 Å². The van der Waals surface area contributed by atoms with E-state index in [1.165, 1.54) is 6.33 Å². The Balaban J connectivity index is 1.64. The minimum atomic E-state index is -0.426. The molecule has 0 unspecified atom stereocenters. The summed E-state index contributed by atoms with van der Waals surface area (Å²) in [7, 11) is 0. The Labute approximate surface area is 169 Å². The lowest BCUT2D eigenvalue weighted by atomic mass is 10.1. The second-order valence-electron chi connectivity index (χ2n) is 6.22. The smallest absolute Gasteiger partial charge is 0.267 e. The molecule has 0 saturated carbocycles. The number of benzene rings is 2. The van der Waals surface area contributed by atoms with Crippen molar-refractivity contribution in [1.29, 1.82) is 0 Å². The van der Waals surface area contributed by atoms with Gasteiger partial charge < -0.3 is 0 Å². The van der Waals surface area contributed by atoms with Crippen molar-refractivity contribution in [2.24, 2.45) is 0 Å². The average Bonchev–Trinajstić information content (AvgIpc) is 2.70. The van der Waals surface area contributed by atoms with Gasteiger partial charge in [0.1, 0.15) is 6.33 Å². The van der Waals surface area contributed by atoms with Crippen LogP contribution in [0, 0.1) is 6.92 Å². The molecule has 0 saturated heterocycles. The molecule has 2 heterocycles. The molecule has 2 aromatic carbocycles. The number of nitrogens with zero attached hydrogens (tertiary/aromatic N) is 3. The van der Waals surface area contributed by atoms with Crippen molar-refractivity contribution in [3.63, 3.8) is 0 Å². The molecular formula is C21H15BrN4O2. The van der Waals surface area contributed by atoms with Crippen LogP contribution in [0.1, 0.15) is 16.1 Å². The van der Waals surface area contributed by atoms with Gasteiger partial charge in [0.25, 0.3) is 11.5 Å². The van der Waals surface area contributed by atoms with Crippen LogP contribution in [0.25, 0.3) is 22.2 Å². The van der Waals surface area contributed by atoms with E-state index in [1.54, 1.807) is 43.3 Å². The first kappa shape index (κ1) is 18.1. The molecule has 0 atom stereocenters. The summed E-state index contributed by atoms with van der Waals surface area (Å²) in [5.74, 6) is -0.426. The normalized spacial score (nSPS) is 10.8. The number of carbonyl (C=O) groups is 1. The molecule has 0 bridgehead atoms. The number of amides is 1. The molecule has 0 fully saturated rings. The number of hydrogen-bond acceptors (Lipinski definition) is 4. The summed E-state index contributed by atoms with van der Waals surface area (Å²) >= 11 is 3.45. The van der Waals surface area contributed by atoms with Crippen LogP contribution in [0.15, 0.2) is 76.3 Å². The predicted molar refractivity (Wildman–Crippen MR) is 112 cm³/mol. The third kappa shape index (κ3) is 3.44. The minimum Gasteiger partial charge on any atom is -0.267 e. The van der Waals surface area contributed by atoms with Crippen molar-refractivity contribution in [2.45, 2.75) is 6.92 Å². The van der Waals surface area contributed by atoms with Gasteiger partial charge in [-0.05, 0) is 43.3 Å². The van der Waals surface area contributed by atoms with E-state index in [0.29, 0.717) is 22.2 Å². The number of fused-ring (bicyclic) bond motifs is 1. The zero-order chi connectivity index (χ0) is 19.7. The summed E-state index contributed by atoms with van der Waals surface area (Å²) in [6.45, 7) is 1.76. The first-order valence-corrected chi connectivity index (χ1v) is 9.33. The van der Waals surface area contributed by atoms with Crippen molar-refractivity contribution in [2.75, 3.05) is 5.43 Å². The molecule has 0 aliphatic rings. The number of rotatable bonds is 3. The molecular weight excluding hydrogens is 420 g/mol. The Kier molecular flexibility index (Phi) is 4.75. The highest BCUT2D eigenvalue weighted by atomic mass is 79.9. The Morgan fingerprint density at radius 2 is 1.89 bits per heavy atom. The number of pyridine rings is 1. The highest BCUT2D eigenvalue weighted by molar-refractivity contribution is 9.10. The van der Waals surface area contributed by atoms with E-state index in [-0.39, 0.29) is 5.56 Å². The van der Waals surface area contributed by atoms with Crippen molar-refractivity contribution in [1.82, 2.24) is 14.6 Å².